The van der Waals surface area contributed by atoms with Gasteiger partial charge in [-0.15, -0.1) is 0 Å². The van der Waals surface area contributed by atoms with Crippen molar-refractivity contribution in [2.45, 2.75) is 6.54 Å². The van der Waals surface area contributed by atoms with Crippen LogP contribution in [0.4, 0.5) is 5.69 Å². The van der Waals surface area contributed by atoms with Crippen LogP contribution in [0.2, 0.25) is 0 Å². The number of hydrogen-bond donors (Lipinski definition) is 2. The van der Waals surface area contributed by atoms with Gasteiger partial charge in [-0.25, -0.2) is 5.84 Å². The average Bonchev–Trinajstić information content (AvgIpc) is 2.63. The molecule has 1 saturated heterocycles. The molecule has 0 saturated carbocycles. The lowest BCUT2D eigenvalue weighted by Gasteiger charge is -2.36. The fraction of sp³-hybridized carbons (Fsp3) is 0.294. The van der Waals surface area contributed by atoms with Crippen molar-refractivity contribution in [3.8, 4) is 0 Å². The van der Waals surface area contributed by atoms with Crippen LogP contribution in [0, 0.1) is 0 Å². The Morgan fingerprint density at radius 1 is 1.04 bits per heavy atom. The van der Waals surface area contributed by atoms with Gasteiger partial charge >= 0.3 is 0 Å². The van der Waals surface area contributed by atoms with Gasteiger partial charge in [0.25, 0.3) is 5.91 Å². The highest BCUT2D eigenvalue weighted by molar-refractivity contribution is 5.94. The van der Waals surface area contributed by atoms with E-state index in [2.05, 4.69) is 32.3 Å². The maximum absolute atomic E-state index is 11.5. The van der Waals surface area contributed by atoms with Crippen LogP contribution in [0.25, 0.3) is 0 Å². The maximum Gasteiger partial charge on any atom is 0.265 e. The van der Waals surface area contributed by atoms with Crippen molar-refractivity contribution < 1.29 is 4.79 Å². The molecular weight excluding hydrogens is 290 g/mol. The first kappa shape index (κ1) is 15.5. The normalized spacial score (nSPS) is 15.4. The first-order valence-electron chi connectivity index (χ1n) is 7.73. The van der Waals surface area contributed by atoms with Gasteiger partial charge in [0.05, 0.1) is 0 Å². The summed E-state index contributed by atoms with van der Waals surface area (Å²) >= 11 is 0. The van der Waals surface area contributed by atoms with Crippen LogP contribution in [0.15, 0.2) is 48.8 Å². The highest BCUT2D eigenvalue weighted by Crippen LogP contribution is 2.18. The molecule has 0 aliphatic carbocycles. The molecule has 3 rings (SSSR count). The third-order valence-corrected chi connectivity index (χ3v) is 4.15. The van der Waals surface area contributed by atoms with Crippen LogP contribution in [0.5, 0.6) is 0 Å². The van der Waals surface area contributed by atoms with Gasteiger partial charge in [0.1, 0.15) is 0 Å². The zero-order valence-corrected chi connectivity index (χ0v) is 13.0. The Hall–Kier alpha value is -2.44. The molecule has 2 aromatic rings. The number of nitrogens with zero attached hydrogens (tertiary/aromatic N) is 3. The van der Waals surface area contributed by atoms with Gasteiger partial charge in [-0.05, 0) is 42.0 Å². The summed E-state index contributed by atoms with van der Waals surface area (Å²) in [6.07, 6.45) is 3.68. The van der Waals surface area contributed by atoms with E-state index >= 15 is 0 Å². The van der Waals surface area contributed by atoms with Gasteiger partial charge in [0.2, 0.25) is 0 Å². The number of hydrazine groups is 1. The van der Waals surface area contributed by atoms with Gasteiger partial charge in [0.15, 0.2) is 0 Å². The van der Waals surface area contributed by atoms with E-state index in [1.807, 2.05) is 24.5 Å². The van der Waals surface area contributed by atoms with Crippen LogP contribution < -0.4 is 16.2 Å². The molecule has 6 heteroatoms. The number of anilines is 1. The molecule has 0 bridgehead atoms. The Bertz CT molecular complexity index is 636. The lowest BCUT2D eigenvalue weighted by Crippen LogP contribution is -2.46. The van der Waals surface area contributed by atoms with Crippen LogP contribution in [0.1, 0.15) is 15.9 Å². The summed E-state index contributed by atoms with van der Waals surface area (Å²) in [5.74, 6) is 4.88. The fourth-order valence-electron chi connectivity index (χ4n) is 2.82. The number of amides is 1. The Labute approximate surface area is 135 Å². The Morgan fingerprint density at radius 3 is 2.30 bits per heavy atom. The van der Waals surface area contributed by atoms with Gasteiger partial charge in [-0.2, -0.15) is 0 Å². The minimum Gasteiger partial charge on any atom is -0.369 e. The molecular formula is C17H21N5O. The summed E-state index contributed by atoms with van der Waals surface area (Å²) in [7, 11) is 0. The fourth-order valence-corrected chi connectivity index (χ4v) is 2.82. The number of piperazine rings is 1. The van der Waals surface area contributed by atoms with Crippen molar-refractivity contribution in [3.05, 3.63) is 59.9 Å². The topological polar surface area (TPSA) is 74.5 Å². The number of aromatic nitrogens is 1. The molecule has 1 aromatic heterocycles. The molecule has 0 radical (unpaired) electrons. The number of hydrogen-bond acceptors (Lipinski definition) is 5. The van der Waals surface area contributed by atoms with Crippen molar-refractivity contribution >= 4 is 11.6 Å². The molecule has 120 valence electrons. The average molecular weight is 311 g/mol. The van der Waals surface area contributed by atoms with Crippen molar-refractivity contribution in [1.29, 1.82) is 0 Å². The van der Waals surface area contributed by atoms with E-state index in [9.17, 15) is 4.79 Å². The standard InChI is InChI=1S/C17H21N5O/c18-20-17(23)15-1-3-16(4-2-15)22-11-9-21(10-12-22)13-14-5-7-19-8-6-14/h1-8H,9-13,18H2,(H,20,23). The van der Waals surface area contributed by atoms with Gasteiger partial charge in [-0.1, -0.05) is 0 Å². The van der Waals surface area contributed by atoms with Crippen LogP contribution >= 0.6 is 0 Å². The summed E-state index contributed by atoms with van der Waals surface area (Å²) in [5, 5.41) is 0. The number of nitrogens with two attached hydrogens (primary N) is 1. The van der Waals surface area contributed by atoms with Crippen LogP contribution in [-0.2, 0) is 6.54 Å². The second kappa shape index (κ2) is 7.21. The smallest absolute Gasteiger partial charge is 0.265 e. The second-order valence-corrected chi connectivity index (χ2v) is 5.64. The molecule has 23 heavy (non-hydrogen) atoms. The maximum atomic E-state index is 11.5. The molecule has 0 unspecified atom stereocenters. The lowest BCUT2D eigenvalue weighted by molar-refractivity contribution is 0.0953. The van der Waals surface area contributed by atoms with E-state index in [4.69, 9.17) is 5.84 Å². The van der Waals surface area contributed by atoms with E-state index in [-0.39, 0.29) is 5.91 Å². The monoisotopic (exact) mass is 311 g/mol. The molecule has 1 amide bonds. The summed E-state index contributed by atoms with van der Waals surface area (Å²) in [4.78, 5) is 20.3. The summed E-state index contributed by atoms with van der Waals surface area (Å²) < 4.78 is 0. The van der Waals surface area contributed by atoms with E-state index in [1.165, 1.54) is 5.56 Å². The van der Waals surface area contributed by atoms with Crippen molar-refractivity contribution in [1.82, 2.24) is 15.3 Å². The minimum atomic E-state index is -0.265. The molecule has 1 aliphatic heterocycles. The number of pyridine rings is 1. The van der Waals surface area contributed by atoms with Gasteiger partial charge < -0.3 is 4.90 Å². The molecule has 0 spiro atoms. The third-order valence-electron chi connectivity index (χ3n) is 4.15. The Balaban J connectivity index is 1.55. The van der Waals surface area contributed by atoms with E-state index in [0.717, 1.165) is 38.4 Å². The second-order valence-electron chi connectivity index (χ2n) is 5.64. The number of nitrogens with one attached hydrogen (secondary N) is 1. The minimum absolute atomic E-state index is 0.265. The molecule has 3 N–H and O–H groups in total. The van der Waals surface area contributed by atoms with Crippen molar-refractivity contribution in [2.75, 3.05) is 31.1 Å². The highest BCUT2D eigenvalue weighted by atomic mass is 16.2. The summed E-state index contributed by atoms with van der Waals surface area (Å²) in [5.41, 5.74) is 5.16. The first-order valence-corrected chi connectivity index (χ1v) is 7.73. The predicted molar refractivity (Wildman–Crippen MR) is 89.8 cm³/mol. The van der Waals surface area contributed by atoms with Gasteiger partial charge in [-0.3, -0.25) is 20.1 Å². The summed E-state index contributed by atoms with van der Waals surface area (Å²) in [6, 6.07) is 11.7. The van der Waals surface area contributed by atoms with Crippen LogP contribution in [-0.4, -0.2) is 42.0 Å². The molecule has 1 aliphatic rings. The lowest BCUT2D eigenvalue weighted by atomic mass is 10.1. The van der Waals surface area contributed by atoms with Crippen molar-refractivity contribution in [2.24, 2.45) is 5.84 Å². The molecule has 1 aromatic carbocycles. The zero-order valence-electron chi connectivity index (χ0n) is 13.0. The molecule has 6 nitrogen and oxygen atoms in total. The quantitative estimate of drug-likeness (QED) is 0.501. The largest absolute Gasteiger partial charge is 0.369 e. The number of benzene rings is 1. The molecule has 1 fully saturated rings. The number of carbonyl (C=O) groups is 1. The van der Waals surface area contributed by atoms with E-state index < -0.39 is 0 Å². The SMILES string of the molecule is NNC(=O)c1ccc(N2CCN(Cc3ccncc3)CC2)cc1. The summed E-state index contributed by atoms with van der Waals surface area (Å²) in [6.45, 7) is 4.97. The van der Waals surface area contributed by atoms with E-state index in [1.54, 1.807) is 12.1 Å². The van der Waals surface area contributed by atoms with Crippen LogP contribution in [0.3, 0.4) is 0 Å². The zero-order chi connectivity index (χ0) is 16.1. The molecule has 2 heterocycles. The Morgan fingerprint density at radius 2 is 1.70 bits per heavy atom. The molecule has 0 atom stereocenters. The predicted octanol–water partition coefficient (Wildman–Crippen LogP) is 1.01. The first-order chi connectivity index (χ1) is 11.3. The number of nitrogen functional groups attached to an aromatic ring is 1. The number of rotatable bonds is 4. The van der Waals surface area contributed by atoms with E-state index in [0.29, 0.717) is 5.56 Å². The van der Waals surface area contributed by atoms with Crippen molar-refractivity contribution in [3.63, 3.8) is 0 Å². The highest BCUT2D eigenvalue weighted by Gasteiger charge is 2.17. The third kappa shape index (κ3) is 3.85. The van der Waals surface area contributed by atoms with Gasteiger partial charge in [0, 0.05) is 56.4 Å². The number of carbonyl (C=O) groups excluding carboxylic acids is 1. The Kier molecular flexibility index (Phi) is 4.85.